The van der Waals surface area contributed by atoms with E-state index in [0.717, 1.165) is 47.5 Å². The molecule has 3 nitrogen and oxygen atoms in total. The molecule has 1 aliphatic rings. The lowest BCUT2D eigenvalue weighted by atomic mass is 9.97. The van der Waals surface area contributed by atoms with E-state index in [4.69, 9.17) is 11.6 Å². The quantitative estimate of drug-likeness (QED) is 0.916. The SMILES string of the molecule is OCC1CCN(c2ccc(Cl)c3cccnc23)CC1. The van der Waals surface area contributed by atoms with Crippen molar-refractivity contribution in [3.63, 3.8) is 0 Å². The first-order valence-electron chi connectivity index (χ1n) is 6.68. The zero-order valence-electron chi connectivity index (χ0n) is 10.7. The average molecular weight is 277 g/mol. The van der Waals surface area contributed by atoms with Gasteiger partial charge in [0, 0.05) is 31.3 Å². The number of aliphatic hydroxyl groups is 1. The minimum absolute atomic E-state index is 0.299. The molecule has 1 N–H and O–H groups in total. The van der Waals surface area contributed by atoms with Crippen molar-refractivity contribution in [1.82, 2.24) is 4.98 Å². The number of pyridine rings is 1. The Morgan fingerprint density at radius 2 is 2.05 bits per heavy atom. The molecule has 0 amide bonds. The lowest BCUT2D eigenvalue weighted by Gasteiger charge is -2.33. The highest BCUT2D eigenvalue weighted by Gasteiger charge is 2.20. The number of aromatic nitrogens is 1. The summed E-state index contributed by atoms with van der Waals surface area (Å²) in [6.45, 7) is 2.24. The summed E-state index contributed by atoms with van der Waals surface area (Å²) in [7, 11) is 0. The molecule has 1 saturated heterocycles. The van der Waals surface area contributed by atoms with Crippen molar-refractivity contribution in [2.45, 2.75) is 12.8 Å². The molecule has 0 unspecified atom stereocenters. The second-order valence-corrected chi connectivity index (χ2v) is 5.49. The molecule has 19 heavy (non-hydrogen) atoms. The summed E-state index contributed by atoms with van der Waals surface area (Å²) in [6.07, 6.45) is 3.88. The molecule has 4 heteroatoms. The Kier molecular flexibility index (Phi) is 3.58. The Bertz CT molecular complexity index is 579. The summed E-state index contributed by atoms with van der Waals surface area (Å²) in [6, 6.07) is 7.92. The van der Waals surface area contributed by atoms with Crippen LogP contribution in [0.3, 0.4) is 0 Å². The van der Waals surface area contributed by atoms with Gasteiger partial charge >= 0.3 is 0 Å². The van der Waals surface area contributed by atoms with E-state index in [2.05, 4.69) is 16.0 Å². The molecule has 2 heterocycles. The zero-order chi connectivity index (χ0) is 13.2. The fourth-order valence-electron chi connectivity index (χ4n) is 2.73. The first-order chi connectivity index (χ1) is 9.29. The minimum Gasteiger partial charge on any atom is -0.396 e. The number of rotatable bonds is 2. The molecule has 2 aromatic rings. The smallest absolute Gasteiger partial charge is 0.0950 e. The molecule has 1 aromatic carbocycles. The first-order valence-corrected chi connectivity index (χ1v) is 7.06. The van der Waals surface area contributed by atoms with Crippen LogP contribution in [0.2, 0.25) is 5.02 Å². The van der Waals surface area contributed by atoms with Crippen LogP contribution in [0.15, 0.2) is 30.5 Å². The van der Waals surface area contributed by atoms with Crippen molar-refractivity contribution in [3.05, 3.63) is 35.5 Å². The highest BCUT2D eigenvalue weighted by Crippen LogP contribution is 2.32. The van der Waals surface area contributed by atoms with Gasteiger partial charge in [0.15, 0.2) is 0 Å². The van der Waals surface area contributed by atoms with Gasteiger partial charge < -0.3 is 10.0 Å². The first kappa shape index (κ1) is 12.7. The van der Waals surface area contributed by atoms with Gasteiger partial charge in [-0.3, -0.25) is 4.98 Å². The number of fused-ring (bicyclic) bond motifs is 1. The van der Waals surface area contributed by atoms with Crippen LogP contribution in [0.5, 0.6) is 0 Å². The summed E-state index contributed by atoms with van der Waals surface area (Å²) in [5, 5.41) is 11.0. The second-order valence-electron chi connectivity index (χ2n) is 5.08. The van der Waals surface area contributed by atoms with Gasteiger partial charge in [0.2, 0.25) is 0 Å². The van der Waals surface area contributed by atoms with E-state index in [1.807, 2.05) is 24.4 Å². The number of anilines is 1. The highest BCUT2D eigenvalue weighted by molar-refractivity contribution is 6.35. The predicted molar refractivity (Wildman–Crippen MR) is 78.8 cm³/mol. The van der Waals surface area contributed by atoms with Gasteiger partial charge in [0.25, 0.3) is 0 Å². The van der Waals surface area contributed by atoms with Crippen molar-refractivity contribution in [1.29, 1.82) is 0 Å². The molecule has 100 valence electrons. The highest BCUT2D eigenvalue weighted by atomic mass is 35.5. The third-order valence-electron chi connectivity index (χ3n) is 3.91. The normalized spacial score (nSPS) is 17.1. The summed E-state index contributed by atoms with van der Waals surface area (Å²) in [4.78, 5) is 6.83. The van der Waals surface area contributed by atoms with Gasteiger partial charge in [-0.05, 0) is 43.0 Å². The number of halogens is 1. The van der Waals surface area contributed by atoms with Gasteiger partial charge in [-0.1, -0.05) is 11.6 Å². The Morgan fingerprint density at radius 3 is 2.79 bits per heavy atom. The van der Waals surface area contributed by atoms with Crippen LogP contribution in [-0.4, -0.2) is 29.8 Å². The van der Waals surface area contributed by atoms with Crippen LogP contribution in [0.4, 0.5) is 5.69 Å². The van der Waals surface area contributed by atoms with Gasteiger partial charge in [-0.2, -0.15) is 0 Å². The van der Waals surface area contributed by atoms with Crippen LogP contribution in [0.1, 0.15) is 12.8 Å². The van der Waals surface area contributed by atoms with Crippen LogP contribution >= 0.6 is 11.6 Å². The van der Waals surface area contributed by atoms with Gasteiger partial charge in [-0.15, -0.1) is 0 Å². The Labute approximate surface area is 117 Å². The summed E-state index contributed by atoms with van der Waals surface area (Å²) in [5.41, 5.74) is 2.12. The maximum Gasteiger partial charge on any atom is 0.0950 e. The third kappa shape index (κ3) is 2.40. The molecule has 0 spiro atoms. The van der Waals surface area contributed by atoms with Crippen molar-refractivity contribution in [2.75, 3.05) is 24.6 Å². The monoisotopic (exact) mass is 276 g/mol. The maximum absolute atomic E-state index is 9.21. The van der Waals surface area contributed by atoms with Crippen LogP contribution < -0.4 is 4.90 Å². The van der Waals surface area contributed by atoms with E-state index >= 15 is 0 Å². The van der Waals surface area contributed by atoms with E-state index in [0.29, 0.717) is 12.5 Å². The van der Waals surface area contributed by atoms with Gasteiger partial charge in [0.05, 0.1) is 16.2 Å². The summed E-state index contributed by atoms with van der Waals surface area (Å²) >= 11 is 6.22. The molecular formula is C15H17ClN2O. The van der Waals surface area contributed by atoms with Crippen molar-refractivity contribution in [3.8, 4) is 0 Å². The minimum atomic E-state index is 0.299. The molecule has 0 radical (unpaired) electrons. The summed E-state index contributed by atoms with van der Waals surface area (Å²) < 4.78 is 0. The van der Waals surface area contributed by atoms with E-state index in [1.165, 1.54) is 0 Å². The number of piperidine rings is 1. The Morgan fingerprint density at radius 1 is 1.26 bits per heavy atom. The van der Waals surface area contributed by atoms with E-state index in [-0.39, 0.29) is 0 Å². The molecule has 0 aliphatic carbocycles. The fourth-order valence-corrected chi connectivity index (χ4v) is 2.95. The van der Waals surface area contributed by atoms with Crippen molar-refractivity contribution in [2.24, 2.45) is 5.92 Å². The molecule has 1 fully saturated rings. The van der Waals surface area contributed by atoms with Crippen LogP contribution in [0.25, 0.3) is 10.9 Å². The number of nitrogens with zero attached hydrogens (tertiary/aromatic N) is 2. The third-order valence-corrected chi connectivity index (χ3v) is 4.24. The fraction of sp³-hybridized carbons (Fsp3) is 0.400. The molecule has 1 aromatic heterocycles. The predicted octanol–water partition coefficient (Wildman–Crippen LogP) is 3.10. The number of aliphatic hydroxyl groups excluding tert-OH is 1. The second kappa shape index (κ2) is 5.35. The number of benzene rings is 1. The largest absolute Gasteiger partial charge is 0.396 e. The van der Waals surface area contributed by atoms with Gasteiger partial charge in [-0.25, -0.2) is 0 Å². The lowest BCUT2D eigenvalue weighted by Crippen LogP contribution is -2.34. The van der Waals surface area contributed by atoms with E-state index in [1.54, 1.807) is 0 Å². The van der Waals surface area contributed by atoms with E-state index in [9.17, 15) is 5.11 Å². The lowest BCUT2D eigenvalue weighted by molar-refractivity contribution is 0.203. The zero-order valence-corrected chi connectivity index (χ0v) is 11.5. The molecule has 0 bridgehead atoms. The summed E-state index contributed by atoms with van der Waals surface area (Å²) in [5.74, 6) is 0.447. The van der Waals surface area contributed by atoms with Crippen LogP contribution in [-0.2, 0) is 0 Å². The number of hydrogen-bond acceptors (Lipinski definition) is 3. The maximum atomic E-state index is 9.21. The topological polar surface area (TPSA) is 36.4 Å². The molecule has 3 rings (SSSR count). The van der Waals surface area contributed by atoms with Crippen molar-refractivity contribution < 1.29 is 5.11 Å². The molecule has 0 saturated carbocycles. The Balaban J connectivity index is 1.95. The molecular weight excluding hydrogens is 260 g/mol. The standard InChI is InChI=1S/C15H17ClN2O/c16-13-3-4-14(15-12(13)2-1-7-17-15)18-8-5-11(10-19)6-9-18/h1-4,7,11,19H,5-6,8-10H2. The number of hydrogen-bond donors (Lipinski definition) is 1. The Hall–Kier alpha value is -1.32. The average Bonchev–Trinajstić information content (AvgIpc) is 2.48. The van der Waals surface area contributed by atoms with Crippen LogP contribution in [0, 0.1) is 5.92 Å². The van der Waals surface area contributed by atoms with E-state index < -0.39 is 0 Å². The van der Waals surface area contributed by atoms with Crippen molar-refractivity contribution >= 4 is 28.2 Å². The van der Waals surface area contributed by atoms with Gasteiger partial charge in [0.1, 0.15) is 0 Å². The molecule has 0 atom stereocenters. The molecule has 1 aliphatic heterocycles.